The first kappa shape index (κ1) is 11.4. The lowest BCUT2D eigenvalue weighted by atomic mass is 10.1. The maximum Gasteiger partial charge on any atom is 0.0455 e. The first-order valence-corrected chi connectivity index (χ1v) is 6.89. The largest absolute Gasteiger partial charge is 0.380 e. The third-order valence-electron chi connectivity index (χ3n) is 4.21. The fourth-order valence-corrected chi connectivity index (χ4v) is 3.39. The van der Waals surface area contributed by atoms with Crippen molar-refractivity contribution in [3.8, 4) is 0 Å². The Kier molecular flexibility index (Phi) is 3.01. The lowest BCUT2D eigenvalue weighted by Crippen LogP contribution is -2.33. The van der Waals surface area contributed by atoms with E-state index in [2.05, 4.69) is 23.2 Å². The molecule has 2 nitrogen and oxygen atoms in total. The van der Waals surface area contributed by atoms with E-state index in [1.807, 2.05) is 12.1 Å². The van der Waals surface area contributed by atoms with Crippen LogP contribution in [-0.2, 0) is 0 Å². The summed E-state index contributed by atoms with van der Waals surface area (Å²) in [7, 11) is 0. The number of nitrogens with one attached hydrogen (secondary N) is 1. The van der Waals surface area contributed by atoms with E-state index >= 15 is 0 Å². The van der Waals surface area contributed by atoms with Crippen LogP contribution in [-0.4, -0.2) is 30.1 Å². The van der Waals surface area contributed by atoms with Crippen LogP contribution in [0.3, 0.4) is 0 Å². The Balaban J connectivity index is 1.76. The van der Waals surface area contributed by atoms with Gasteiger partial charge in [0, 0.05) is 29.3 Å². The highest BCUT2D eigenvalue weighted by atomic mass is 35.5. The Morgan fingerprint density at radius 2 is 2.18 bits per heavy atom. The van der Waals surface area contributed by atoms with Crippen molar-refractivity contribution < 1.29 is 0 Å². The molecule has 2 heterocycles. The minimum Gasteiger partial charge on any atom is -0.380 e. The zero-order valence-electron chi connectivity index (χ0n) is 10.2. The maximum absolute atomic E-state index is 6.16. The summed E-state index contributed by atoms with van der Waals surface area (Å²) in [5.74, 6) is 0. The maximum atomic E-state index is 6.16. The number of halogens is 1. The van der Waals surface area contributed by atoms with E-state index in [0.717, 1.165) is 11.1 Å². The molecule has 92 valence electrons. The molecule has 2 aliphatic heterocycles. The first-order valence-electron chi connectivity index (χ1n) is 6.51. The molecule has 1 aromatic carbocycles. The molecular formula is C14H19ClN2. The molecule has 3 heteroatoms. The molecule has 1 N–H and O–H groups in total. The predicted octanol–water partition coefficient (Wildman–Crippen LogP) is 3.30. The molecule has 0 amide bonds. The van der Waals surface area contributed by atoms with Gasteiger partial charge in [0.2, 0.25) is 0 Å². The van der Waals surface area contributed by atoms with Gasteiger partial charge in [-0.3, -0.25) is 4.90 Å². The molecule has 3 rings (SSSR count). The molecule has 2 aliphatic rings. The van der Waals surface area contributed by atoms with Gasteiger partial charge >= 0.3 is 0 Å². The molecule has 0 saturated carbocycles. The third kappa shape index (κ3) is 2.04. The minimum atomic E-state index is 0.606. The van der Waals surface area contributed by atoms with Crippen LogP contribution in [0.1, 0.15) is 24.8 Å². The van der Waals surface area contributed by atoms with E-state index in [1.54, 1.807) is 0 Å². The van der Waals surface area contributed by atoms with Crippen LogP contribution in [0.5, 0.6) is 0 Å². The predicted molar refractivity (Wildman–Crippen MR) is 72.8 cm³/mol. The molecule has 0 bridgehead atoms. The second-order valence-corrected chi connectivity index (χ2v) is 5.60. The van der Waals surface area contributed by atoms with Gasteiger partial charge in [0.15, 0.2) is 0 Å². The van der Waals surface area contributed by atoms with Crippen LogP contribution in [0.4, 0.5) is 5.69 Å². The number of benzene rings is 1. The molecule has 2 saturated heterocycles. The van der Waals surface area contributed by atoms with Crippen molar-refractivity contribution in [2.24, 2.45) is 0 Å². The lowest BCUT2D eigenvalue weighted by Gasteiger charge is -2.23. The molecule has 0 spiro atoms. The molecule has 0 radical (unpaired) electrons. The van der Waals surface area contributed by atoms with Crippen molar-refractivity contribution in [1.82, 2.24) is 4.90 Å². The van der Waals surface area contributed by atoms with Crippen LogP contribution in [0, 0.1) is 6.92 Å². The molecular weight excluding hydrogens is 232 g/mol. The Labute approximate surface area is 108 Å². The number of fused-ring (bicyclic) bond motifs is 1. The highest BCUT2D eigenvalue weighted by Crippen LogP contribution is 2.32. The van der Waals surface area contributed by atoms with Gasteiger partial charge in [0.25, 0.3) is 0 Å². The van der Waals surface area contributed by atoms with Crippen molar-refractivity contribution in [3.05, 3.63) is 28.8 Å². The number of rotatable bonds is 2. The molecule has 17 heavy (non-hydrogen) atoms. The summed E-state index contributed by atoms with van der Waals surface area (Å²) in [6.45, 7) is 4.63. The summed E-state index contributed by atoms with van der Waals surface area (Å²) in [5.41, 5.74) is 2.38. The van der Waals surface area contributed by atoms with E-state index < -0.39 is 0 Å². The zero-order valence-corrected chi connectivity index (χ0v) is 11.0. The van der Waals surface area contributed by atoms with Crippen LogP contribution in [0.2, 0.25) is 5.02 Å². The quantitative estimate of drug-likeness (QED) is 0.867. The average Bonchev–Trinajstić information content (AvgIpc) is 2.89. The van der Waals surface area contributed by atoms with Gasteiger partial charge in [-0.25, -0.2) is 0 Å². The summed E-state index contributed by atoms with van der Waals surface area (Å²) in [5, 5.41) is 4.55. The Hall–Kier alpha value is -0.730. The van der Waals surface area contributed by atoms with Gasteiger partial charge in [-0.1, -0.05) is 17.7 Å². The smallest absolute Gasteiger partial charge is 0.0455 e. The molecule has 1 aromatic rings. The molecule has 2 unspecified atom stereocenters. The third-order valence-corrected chi connectivity index (χ3v) is 4.62. The minimum absolute atomic E-state index is 0.606. The Morgan fingerprint density at radius 3 is 3.06 bits per heavy atom. The second kappa shape index (κ2) is 4.51. The van der Waals surface area contributed by atoms with E-state index in [1.165, 1.54) is 43.6 Å². The van der Waals surface area contributed by atoms with E-state index in [-0.39, 0.29) is 0 Å². The van der Waals surface area contributed by atoms with Crippen molar-refractivity contribution in [1.29, 1.82) is 0 Å². The topological polar surface area (TPSA) is 15.3 Å². The van der Waals surface area contributed by atoms with Crippen molar-refractivity contribution in [3.63, 3.8) is 0 Å². The van der Waals surface area contributed by atoms with Gasteiger partial charge in [0.05, 0.1) is 0 Å². The molecule has 0 aliphatic carbocycles. The summed E-state index contributed by atoms with van der Waals surface area (Å²) < 4.78 is 0. The van der Waals surface area contributed by atoms with E-state index in [0.29, 0.717) is 6.04 Å². The summed E-state index contributed by atoms with van der Waals surface area (Å²) in [6.07, 6.45) is 3.96. The fraction of sp³-hybridized carbons (Fsp3) is 0.571. The van der Waals surface area contributed by atoms with Crippen molar-refractivity contribution >= 4 is 17.3 Å². The van der Waals surface area contributed by atoms with Gasteiger partial charge in [-0.05, 0) is 50.4 Å². The van der Waals surface area contributed by atoms with Gasteiger partial charge < -0.3 is 5.32 Å². The number of hydrogen-bond acceptors (Lipinski definition) is 2. The summed E-state index contributed by atoms with van der Waals surface area (Å²) >= 11 is 6.16. The first-order chi connectivity index (χ1) is 8.25. The lowest BCUT2D eigenvalue weighted by molar-refractivity contribution is 0.318. The van der Waals surface area contributed by atoms with Crippen LogP contribution >= 0.6 is 11.6 Å². The SMILES string of the molecule is Cc1c(Cl)cccc1NC1CCN2CCCC12. The Bertz CT molecular complexity index is 419. The second-order valence-electron chi connectivity index (χ2n) is 5.20. The van der Waals surface area contributed by atoms with Gasteiger partial charge in [-0.15, -0.1) is 0 Å². The standard InChI is InChI=1S/C14H19ClN2/c1-10-11(15)4-2-5-12(10)16-13-7-9-17-8-3-6-14(13)17/h2,4-5,13-14,16H,3,6-9H2,1H3. The van der Waals surface area contributed by atoms with Crippen molar-refractivity contribution in [2.75, 3.05) is 18.4 Å². The monoisotopic (exact) mass is 250 g/mol. The van der Waals surface area contributed by atoms with Crippen LogP contribution < -0.4 is 5.32 Å². The van der Waals surface area contributed by atoms with Crippen LogP contribution in [0.25, 0.3) is 0 Å². The zero-order chi connectivity index (χ0) is 11.8. The molecule has 0 aromatic heterocycles. The Morgan fingerprint density at radius 1 is 1.29 bits per heavy atom. The highest BCUT2D eigenvalue weighted by molar-refractivity contribution is 6.31. The number of anilines is 1. The summed E-state index contributed by atoms with van der Waals surface area (Å²) in [4.78, 5) is 2.62. The van der Waals surface area contributed by atoms with E-state index in [4.69, 9.17) is 11.6 Å². The highest BCUT2D eigenvalue weighted by Gasteiger charge is 2.37. The number of nitrogens with zero attached hydrogens (tertiary/aromatic N) is 1. The summed E-state index contributed by atoms with van der Waals surface area (Å²) in [6, 6.07) is 7.47. The normalized spacial score (nSPS) is 28.4. The van der Waals surface area contributed by atoms with Gasteiger partial charge in [0.1, 0.15) is 0 Å². The van der Waals surface area contributed by atoms with Crippen molar-refractivity contribution in [2.45, 2.75) is 38.3 Å². The van der Waals surface area contributed by atoms with Crippen LogP contribution in [0.15, 0.2) is 18.2 Å². The van der Waals surface area contributed by atoms with Gasteiger partial charge in [-0.2, -0.15) is 0 Å². The molecule has 2 atom stereocenters. The average molecular weight is 251 g/mol. The number of hydrogen-bond donors (Lipinski definition) is 1. The molecule has 2 fully saturated rings. The fourth-order valence-electron chi connectivity index (χ4n) is 3.21. The van der Waals surface area contributed by atoms with E-state index in [9.17, 15) is 0 Å².